The Morgan fingerprint density at radius 3 is 2.58 bits per heavy atom. The number of piperidine rings is 1. The van der Waals surface area contributed by atoms with Crippen LogP contribution in [0.5, 0.6) is 0 Å². The van der Waals surface area contributed by atoms with Crippen molar-refractivity contribution in [3.63, 3.8) is 0 Å². The molecule has 5 heteroatoms. The van der Waals surface area contributed by atoms with Gasteiger partial charge in [-0.3, -0.25) is 9.69 Å². The number of amides is 1. The molecule has 2 heterocycles. The van der Waals surface area contributed by atoms with Crippen LogP contribution in [0, 0.1) is 0 Å². The molecule has 1 aliphatic heterocycles. The van der Waals surface area contributed by atoms with Crippen LogP contribution in [0.4, 0.5) is 0 Å². The first-order chi connectivity index (χ1) is 12.6. The van der Waals surface area contributed by atoms with Gasteiger partial charge in [-0.1, -0.05) is 20.3 Å². The van der Waals surface area contributed by atoms with E-state index in [1.54, 1.807) is 0 Å². The van der Waals surface area contributed by atoms with E-state index in [1.807, 2.05) is 18.2 Å². The van der Waals surface area contributed by atoms with Crippen LogP contribution in [0.1, 0.15) is 61.8 Å². The molecule has 1 N–H and O–H groups in total. The number of aryl methyl sites for hydroxylation is 2. The highest BCUT2D eigenvalue weighted by Gasteiger charge is 2.18. The van der Waals surface area contributed by atoms with E-state index in [-0.39, 0.29) is 5.91 Å². The van der Waals surface area contributed by atoms with Crippen molar-refractivity contribution >= 4 is 16.9 Å². The summed E-state index contributed by atoms with van der Waals surface area (Å²) < 4.78 is 0. The number of carbonyl (C=O) groups is 1. The number of aromatic nitrogens is 2. The van der Waals surface area contributed by atoms with E-state index in [2.05, 4.69) is 31.0 Å². The molecule has 1 saturated heterocycles. The summed E-state index contributed by atoms with van der Waals surface area (Å²) in [6, 6.07) is 6.24. The molecule has 1 aliphatic rings. The third-order valence-electron chi connectivity index (χ3n) is 5.38. The predicted octanol–water partition coefficient (Wildman–Crippen LogP) is 3.36. The molecule has 0 radical (unpaired) electrons. The van der Waals surface area contributed by atoms with E-state index in [0.29, 0.717) is 18.2 Å². The highest BCUT2D eigenvalue weighted by Crippen LogP contribution is 2.17. The number of nitrogens with one attached hydrogen (secondary N) is 1. The number of likely N-dealkylation sites (tertiary alicyclic amines) is 1. The first-order valence-electron chi connectivity index (χ1n) is 9.94. The van der Waals surface area contributed by atoms with Gasteiger partial charge in [-0.2, -0.15) is 0 Å². The second-order valence-corrected chi connectivity index (χ2v) is 7.16. The van der Waals surface area contributed by atoms with Gasteiger partial charge in [-0.15, -0.1) is 0 Å². The summed E-state index contributed by atoms with van der Waals surface area (Å²) in [5.41, 5.74) is 4.39. The Balaban J connectivity index is 1.66. The van der Waals surface area contributed by atoms with E-state index in [0.717, 1.165) is 48.4 Å². The summed E-state index contributed by atoms with van der Waals surface area (Å²) in [4.78, 5) is 24.4. The Hall–Kier alpha value is -2.01. The lowest BCUT2D eigenvalue weighted by Crippen LogP contribution is -2.42. The molecule has 2 aromatic rings. The van der Waals surface area contributed by atoms with Gasteiger partial charge in [-0.05, 0) is 57.4 Å². The van der Waals surface area contributed by atoms with Gasteiger partial charge in [0.2, 0.25) is 0 Å². The molecule has 0 bridgehead atoms. The molecular formula is C21H30N4O. The van der Waals surface area contributed by atoms with Crippen molar-refractivity contribution in [1.29, 1.82) is 0 Å². The standard InChI is InChI=1S/C21H30N4O/c1-4-17-18(5-2)24-20-14-16(9-10-19(20)23-17)21(26)22-11-13-25-12-7-6-8-15(25)3/h9-10,14-15H,4-8,11-13H2,1-3H3,(H,22,26). The molecule has 1 aromatic carbocycles. The third kappa shape index (κ3) is 4.21. The maximum atomic E-state index is 12.5. The van der Waals surface area contributed by atoms with E-state index in [9.17, 15) is 4.79 Å². The van der Waals surface area contributed by atoms with Crippen LogP contribution >= 0.6 is 0 Å². The highest BCUT2D eigenvalue weighted by molar-refractivity contribution is 5.97. The smallest absolute Gasteiger partial charge is 0.251 e. The largest absolute Gasteiger partial charge is 0.351 e. The summed E-state index contributed by atoms with van der Waals surface area (Å²) in [5.74, 6) is -0.0315. The minimum absolute atomic E-state index is 0.0315. The van der Waals surface area contributed by atoms with Crippen LogP contribution in [0.15, 0.2) is 18.2 Å². The van der Waals surface area contributed by atoms with Crippen molar-refractivity contribution in [3.8, 4) is 0 Å². The van der Waals surface area contributed by atoms with Crippen molar-refractivity contribution in [2.24, 2.45) is 0 Å². The lowest BCUT2D eigenvalue weighted by atomic mass is 10.0. The monoisotopic (exact) mass is 354 g/mol. The van der Waals surface area contributed by atoms with Crippen molar-refractivity contribution in [2.45, 2.75) is 58.9 Å². The van der Waals surface area contributed by atoms with Gasteiger partial charge in [0.1, 0.15) is 0 Å². The first kappa shape index (κ1) is 18.8. The van der Waals surface area contributed by atoms with Gasteiger partial charge in [0.25, 0.3) is 5.91 Å². The SMILES string of the molecule is CCc1nc2ccc(C(=O)NCCN3CCCCC3C)cc2nc1CC. The first-order valence-corrected chi connectivity index (χ1v) is 9.94. The van der Waals surface area contributed by atoms with Gasteiger partial charge in [0.05, 0.1) is 22.4 Å². The van der Waals surface area contributed by atoms with E-state index in [1.165, 1.54) is 19.3 Å². The fourth-order valence-corrected chi connectivity index (χ4v) is 3.74. The Bertz CT molecular complexity index is 774. The number of benzene rings is 1. The number of hydrogen-bond acceptors (Lipinski definition) is 4. The van der Waals surface area contributed by atoms with Crippen molar-refractivity contribution in [3.05, 3.63) is 35.2 Å². The number of rotatable bonds is 6. The average molecular weight is 354 g/mol. The van der Waals surface area contributed by atoms with Gasteiger partial charge in [0, 0.05) is 24.7 Å². The van der Waals surface area contributed by atoms with E-state index in [4.69, 9.17) is 9.97 Å². The van der Waals surface area contributed by atoms with Crippen molar-refractivity contribution in [1.82, 2.24) is 20.2 Å². The summed E-state index contributed by atoms with van der Waals surface area (Å²) >= 11 is 0. The third-order valence-corrected chi connectivity index (χ3v) is 5.38. The molecule has 26 heavy (non-hydrogen) atoms. The minimum atomic E-state index is -0.0315. The summed E-state index contributed by atoms with van der Waals surface area (Å²) in [7, 11) is 0. The number of nitrogens with zero attached hydrogens (tertiary/aromatic N) is 3. The zero-order valence-electron chi connectivity index (χ0n) is 16.2. The predicted molar refractivity (Wildman–Crippen MR) is 106 cm³/mol. The summed E-state index contributed by atoms with van der Waals surface area (Å²) in [6.07, 6.45) is 5.58. The molecule has 1 atom stereocenters. The maximum Gasteiger partial charge on any atom is 0.251 e. The Morgan fingerprint density at radius 1 is 1.15 bits per heavy atom. The van der Waals surface area contributed by atoms with E-state index >= 15 is 0 Å². The molecule has 0 saturated carbocycles. The second-order valence-electron chi connectivity index (χ2n) is 7.16. The van der Waals surface area contributed by atoms with Crippen LogP contribution in [0.3, 0.4) is 0 Å². The zero-order valence-corrected chi connectivity index (χ0v) is 16.2. The lowest BCUT2D eigenvalue weighted by Gasteiger charge is -2.33. The molecule has 5 nitrogen and oxygen atoms in total. The molecule has 1 amide bonds. The number of hydrogen-bond donors (Lipinski definition) is 1. The Morgan fingerprint density at radius 2 is 1.88 bits per heavy atom. The molecule has 1 aromatic heterocycles. The van der Waals surface area contributed by atoms with Crippen LogP contribution in [-0.2, 0) is 12.8 Å². The molecule has 0 aliphatic carbocycles. The number of carbonyl (C=O) groups excluding carboxylic acids is 1. The molecular weight excluding hydrogens is 324 g/mol. The Labute approximate surface area is 156 Å². The van der Waals surface area contributed by atoms with Crippen molar-refractivity contribution in [2.75, 3.05) is 19.6 Å². The van der Waals surface area contributed by atoms with Gasteiger partial charge in [-0.25, -0.2) is 9.97 Å². The van der Waals surface area contributed by atoms with Gasteiger partial charge in [0.15, 0.2) is 0 Å². The molecule has 1 fully saturated rings. The maximum absolute atomic E-state index is 12.5. The Kier molecular flexibility index (Phi) is 6.20. The molecule has 0 spiro atoms. The van der Waals surface area contributed by atoms with E-state index < -0.39 is 0 Å². The summed E-state index contributed by atoms with van der Waals surface area (Å²) in [6.45, 7) is 9.20. The fourth-order valence-electron chi connectivity index (χ4n) is 3.74. The normalized spacial score (nSPS) is 18.2. The van der Waals surface area contributed by atoms with Crippen LogP contribution in [0.25, 0.3) is 11.0 Å². The summed E-state index contributed by atoms with van der Waals surface area (Å²) in [5, 5.41) is 3.05. The quantitative estimate of drug-likeness (QED) is 0.864. The molecule has 1 unspecified atom stereocenters. The molecule has 3 rings (SSSR count). The zero-order chi connectivity index (χ0) is 18.5. The topological polar surface area (TPSA) is 58.1 Å². The second kappa shape index (κ2) is 8.58. The van der Waals surface area contributed by atoms with Crippen LogP contribution in [0.2, 0.25) is 0 Å². The van der Waals surface area contributed by atoms with Crippen LogP contribution < -0.4 is 5.32 Å². The minimum Gasteiger partial charge on any atom is -0.351 e. The molecule has 140 valence electrons. The van der Waals surface area contributed by atoms with Gasteiger partial charge < -0.3 is 5.32 Å². The van der Waals surface area contributed by atoms with Crippen molar-refractivity contribution < 1.29 is 4.79 Å². The fraction of sp³-hybridized carbons (Fsp3) is 0.571. The van der Waals surface area contributed by atoms with Gasteiger partial charge >= 0.3 is 0 Å². The number of fused-ring (bicyclic) bond motifs is 1. The highest BCUT2D eigenvalue weighted by atomic mass is 16.1. The lowest BCUT2D eigenvalue weighted by molar-refractivity contribution is 0.0938. The average Bonchev–Trinajstić information content (AvgIpc) is 2.67. The van der Waals surface area contributed by atoms with Crippen LogP contribution in [-0.4, -0.2) is 46.5 Å².